The van der Waals surface area contributed by atoms with Crippen molar-refractivity contribution in [3.8, 4) is 0 Å². The number of carbonyl (C=O) groups is 2. The summed E-state index contributed by atoms with van der Waals surface area (Å²) in [6.45, 7) is 5.65. The van der Waals surface area contributed by atoms with Crippen molar-refractivity contribution < 1.29 is 19.4 Å². The monoisotopic (exact) mass is 324 g/mol. The topological polar surface area (TPSA) is 102 Å². The zero-order valence-corrected chi connectivity index (χ0v) is 14.0. The number of carbonyl (C=O) groups excluding carboxylic acids is 1. The number of ether oxygens (including phenoxy) is 1. The number of rotatable bonds is 8. The van der Waals surface area contributed by atoms with Crippen LogP contribution in [0.1, 0.15) is 33.6 Å². The van der Waals surface area contributed by atoms with Gasteiger partial charge in [-0.15, -0.1) is 0 Å². The molecular formula is C12H24N2O4S2. The third-order valence-electron chi connectivity index (χ3n) is 2.26. The minimum Gasteiger partial charge on any atom is -0.480 e. The lowest BCUT2D eigenvalue weighted by Crippen LogP contribution is -2.43. The van der Waals surface area contributed by atoms with Gasteiger partial charge in [-0.3, -0.25) is 0 Å². The summed E-state index contributed by atoms with van der Waals surface area (Å²) in [5.41, 5.74) is 4.96. The Morgan fingerprint density at radius 2 is 1.95 bits per heavy atom. The smallest absolute Gasteiger partial charge is 0.408 e. The van der Waals surface area contributed by atoms with E-state index in [1.807, 2.05) is 6.26 Å². The standard InChI is InChI=1S/C12H24N2O4S2/c1-12(2,3)18-11(17)14-9(10(15)16)6-5-8(7-13)20-19-4/h8-9H,5-7,13H2,1-4H3,(H,14,17)(H,15,16)/t8-,9-/m0/s1. The molecule has 0 saturated carbocycles. The number of carboxylic acid groups (broad SMARTS) is 1. The number of aliphatic carboxylic acids is 1. The number of amides is 1. The first-order valence-electron chi connectivity index (χ1n) is 6.31. The molecule has 0 fully saturated rings. The van der Waals surface area contributed by atoms with Crippen molar-refractivity contribution in [2.75, 3.05) is 12.8 Å². The molecule has 0 unspecified atom stereocenters. The van der Waals surface area contributed by atoms with E-state index in [1.54, 1.807) is 42.4 Å². The Labute approximate surface area is 128 Å². The van der Waals surface area contributed by atoms with Gasteiger partial charge in [0.1, 0.15) is 11.6 Å². The van der Waals surface area contributed by atoms with Crippen LogP contribution in [-0.4, -0.2) is 46.9 Å². The Balaban J connectivity index is 4.37. The molecule has 2 atom stereocenters. The van der Waals surface area contributed by atoms with Gasteiger partial charge in [-0.2, -0.15) is 0 Å². The van der Waals surface area contributed by atoms with Crippen LogP contribution < -0.4 is 11.1 Å². The van der Waals surface area contributed by atoms with Gasteiger partial charge in [-0.25, -0.2) is 9.59 Å². The second kappa shape index (κ2) is 9.36. The van der Waals surface area contributed by atoms with Gasteiger partial charge in [-0.1, -0.05) is 21.6 Å². The molecule has 0 heterocycles. The quantitative estimate of drug-likeness (QED) is 0.587. The molecule has 0 rings (SSSR count). The molecule has 1 amide bonds. The number of nitrogens with one attached hydrogen (secondary N) is 1. The molecule has 0 aromatic carbocycles. The maximum Gasteiger partial charge on any atom is 0.408 e. The minimum atomic E-state index is -1.07. The lowest BCUT2D eigenvalue weighted by Gasteiger charge is -2.22. The molecule has 0 aliphatic carbocycles. The van der Waals surface area contributed by atoms with Crippen molar-refractivity contribution in [3.05, 3.63) is 0 Å². The molecule has 0 bridgehead atoms. The first-order valence-corrected chi connectivity index (χ1v) is 8.93. The first kappa shape index (κ1) is 19.4. The average molecular weight is 324 g/mol. The van der Waals surface area contributed by atoms with E-state index in [2.05, 4.69) is 5.32 Å². The molecule has 0 aliphatic rings. The molecule has 0 radical (unpaired) electrons. The lowest BCUT2D eigenvalue weighted by molar-refractivity contribution is -0.139. The third kappa shape index (κ3) is 9.33. The molecule has 8 heteroatoms. The molecular weight excluding hydrogens is 300 g/mol. The highest BCUT2D eigenvalue weighted by atomic mass is 33.1. The summed E-state index contributed by atoms with van der Waals surface area (Å²) in [6, 6.07) is -0.957. The second-order valence-electron chi connectivity index (χ2n) is 5.24. The molecule has 0 aliphatic heterocycles. The summed E-state index contributed by atoms with van der Waals surface area (Å²) in [7, 11) is 3.21. The highest BCUT2D eigenvalue weighted by Gasteiger charge is 2.24. The number of alkyl carbamates (subject to hydrolysis) is 1. The van der Waals surface area contributed by atoms with Crippen molar-refractivity contribution in [1.82, 2.24) is 5.32 Å². The van der Waals surface area contributed by atoms with Gasteiger partial charge in [0, 0.05) is 11.8 Å². The van der Waals surface area contributed by atoms with E-state index in [9.17, 15) is 9.59 Å². The minimum absolute atomic E-state index is 0.173. The Kier molecular flexibility index (Phi) is 9.08. The van der Waals surface area contributed by atoms with Gasteiger partial charge < -0.3 is 20.9 Å². The van der Waals surface area contributed by atoms with E-state index in [0.717, 1.165) is 0 Å². The molecule has 0 aromatic rings. The predicted molar refractivity (Wildman–Crippen MR) is 84.0 cm³/mol. The van der Waals surface area contributed by atoms with Crippen LogP contribution in [0.4, 0.5) is 4.79 Å². The van der Waals surface area contributed by atoms with Crippen molar-refractivity contribution in [2.45, 2.75) is 50.5 Å². The van der Waals surface area contributed by atoms with Gasteiger partial charge in [0.2, 0.25) is 0 Å². The fraction of sp³-hybridized carbons (Fsp3) is 0.833. The van der Waals surface area contributed by atoms with E-state index in [1.165, 1.54) is 0 Å². The van der Waals surface area contributed by atoms with Crippen LogP contribution in [0.15, 0.2) is 0 Å². The number of hydrogen-bond acceptors (Lipinski definition) is 6. The average Bonchev–Trinajstić information content (AvgIpc) is 2.29. The Bertz CT molecular complexity index is 321. The van der Waals surface area contributed by atoms with Crippen LogP contribution in [-0.2, 0) is 9.53 Å². The summed E-state index contributed by atoms with van der Waals surface area (Å²) < 4.78 is 5.05. The summed E-state index contributed by atoms with van der Waals surface area (Å²) in [5, 5.41) is 11.7. The van der Waals surface area contributed by atoms with Crippen LogP contribution in [0.2, 0.25) is 0 Å². The number of hydrogen-bond donors (Lipinski definition) is 3. The fourth-order valence-electron chi connectivity index (χ4n) is 1.40. The normalized spacial score (nSPS) is 14.4. The largest absolute Gasteiger partial charge is 0.480 e. The van der Waals surface area contributed by atoms with E-state index < -0.39 is 23.7 Å². The van der Waals surface area contributed by atoms with E-state index in [0.29, 0.717) is 19.4 Å². The summed E-state index contributed by atoms with van der Waals surface area (Å²) in [4.78, 5) is 22.7. The van der Waals surface area contributed by atoms with Crippen LogP contribution in [0, 0.1) is 0 Å². The Morgan fingerprint density at radius 3 is 2.35 bits per heavy atom. The zero-order valence-electron chi connectivity index (χ0n) is 12.3. The van der Waals surface area contributed by atoms with Crippen molar-refractivity contribution in [2.24, 2.45) is 5.73 Å². The third-order valence-corrected chi connectivity index (χ3v) is 4.55. The molecule has 0 spiro atoms. The fourth-order valence-corrected chi connectivity index (χ4v) is 3.33. The van der Waals surface area contributed by atoms with Crippen LogP contribution in [0.5, 0.6) is 0 Å². The number of nitrogens with two attached hydrogens (primary N) is 1. The predicted octanol–water partition coefficient (Wildman–Crippen LogP) is 2.08. The number of carboxylic acids is 1. The van der Waals surface area contributed by atoms with Crippen LogP contribution in [0.25, 0.3) is 0 Å². The first-order chi connectivity index (χ1) is 9.19. The van der Waals surface area contributed by atoms with Crippen molar-refractivity contribution >= 4 is 33.7 Å². The second-order valence-corrected chi connectivity index (χ2v) is 8.00. The maximum absolute atomic E-state index is 11.6. The van der Waals surface area contributed by atoms with Gasteiger partial charge in [0.25, 0.3) is 0 Å². The van der Waals surface area contributed by atoms with Crippen LogP contribution >= 0.6 is 21.6 Å². The molecule has 118 valence electrons. The van der Waals surface area contributed by atoms with Crippen molar-refractivity contribution in [1.29, 1.82) is 0 Å². The SMILES string of the molecule is CSS[C@H](CN)CC[C@H](NC(=O)OC(C)(C)C)C(=O)O. The maximum atomic E-state index is 11.6. The molecule has 4 N–H and O–H groups in total. The summed E-state index contributed by atoms with van der Waals surface area (Å²) in [5.74, 6) is -1.07. The van der Waals surface area contributed by atoms with E-state index in [-0.39, 0.29) is 5.25 Å². The van der Waals surface area contributed by atoms with E-state index in [4.69, 9.17) is 15.6 Å². The van der Waals surface area contributed by atoms with Gasteiger partial charge in [0.15, 0.2) is 0 Å². The Morgan fingerprint density at radius 1 is 1.35 bits per heavy atom. The molecule has 0 aromatic heterocycles. The Hall–Kier alpha value is -0.600. The lowest BCUT2D eigenvalue weighted by atomic mass is 10.1. The zero-order chi connectivity index (χ0) is 15.8. The highest BCUT2D eigenvalue weighted by molar-refractivity contribution is 8.76. The highest BCUT2D eigenvalue weighted by Crippen LogP contribution is 2.26. The van der Waals surface area contributed by atoms with Gasteiger partial charge in [0.05, 0.1) is 0 Å². The summed E-state index contributed by atoms with van der Waals surface area (Å²) >= 11 is 0. The summed E-state index contributed by atoms with van der Waals surface area (Å²) in [6.07, 6.45) is 2.17. The van der Waals surface area contributed by atoms with Gasteiger partial charge >= 0.3 is 12.1 Å². The van der Waals surface area contributed by atoms with Crippen molar-refractivity contribution in [3.63, 3.8) is 0 Å². The van der Waals surface area contributed by atoms with Gasteiger partial charge in [-0.05, 0) is 39.9 Å². The van der Waals surface area contributed by atoms with Crippen LogP contribution in [0.3, 0.4) is 0 Å². The molecule has 0 saturated heterocycles. The molecule has 6 nitrogen and oxygen atoms in total. The van der Waals surface area contributed by atoms with E-state index >= 15 is 0 Å². The molecule has 20 heavy (non-hydrogen) atoms.